The number of carbonyl (C=O) groups excluding carboxylic acids is 1. The topological polar surface area (TPSA) is 111 Å². The number of pyridine rings is 1. The van der Waals surface area contributed by atoms with Crippen LogP contribution in [0.5, 0.6) is 5.75 Å². The second-order valence-electron chi connectivity index (χ2n) is 6.06. The van der Waals surface area contributed by atoms with Crippen LogP contribution >= 0.6 is 0 Å². The van der Waals surface area contributed by atoms with Crippen LogP contribution in [0.3, 0.4) is 0 Å². The highest BCUT2D eigenvalue weighted by Gasteiger charge is 2.26. The summed E-state index contributed by atoms with van der Waals surface area (Å²) in [7, 11) is 0.302. The first-order chi connectivity index (χ1) is 13.9. The Hall–Kier alpha value is -3.11. The van der Waals surface area contributed by atoms with Crippen LogP contribution in [0.1, 0.15) is 10.5 Å². The first kappa shape index (κ1) is 20.6. The lowest BCUT2D eigenvalue weighted by atomic mass is 10.2. The van der Waals surface area contributed by atoms with E-state index in [1.165, 1.54) is 26.4 Å². The number of benzene rings is 1. The van der Waals surface area contributed by atoms with Crippen molar-refractivity contribution in [2.24, 2.45) is 0 Å². The molecule has 3 aromatic rings. The van der Waals surface area contributed by atoms with Crippen LogP contribution in [-0.4, -0.2) is 58.8 Å². The van der Waals surface area contributed by atoms with Crippen LogP contribution in [0.2, 0.25) is 0 Å². The van der Waals surface area contributed by atoms with E-state index in [0.717, 1.165) is 4.31 Å². The standard InChI is InChI=1S/C19H21N3O6S/c1-22(29(24,25)17-6-4-5-7-20-17)16-12-14(28-9-8-26-2)10-13-11-15(19(23)27-3)21-18(13)16/h4-7,10-12,21H,8-9H2,1-3H3. The Kier molecular flexibility index (Phi) is 6.04. The second-order valence-corrected chi connectivity index (χ2v) is 7.98. The number of anilines is 1. The molecular weight excluding hydrogens is 398 g/mol. The molecule has 0 aliphatic rings. The summed E-state index contributed by atoms with van der Waals surface area (Å²) in [5, 5.41) is 0.500. The average Bonchev–Trinajstić information content (AvgIpc) is 3.17. The van der Waals surface area contributed by atoms with E-state index in [1.54, 1.807) is 37.4 Å². The quantitative estimate of drug-likeness (QED) is 0.440. The van der Waals surface area contributed by atoms with Crippen LogP contribution in [0.25, 0.3) is 10.9 Å². The predicted octanol–water partition coefficient (Wildman–Crippen LogP) is 2.20. The molecule has 3 rings (SSSR count). The molecule has 2 aromatic heterocycles. The molecule has 0 atom stereocenters. The number of carbonyl (C=O) groups is 1. The zero-order valence-corrected chi connectivity index (χ0v) is 17.0. The van der Waals surface area contributed by atoms with Gasteiger partial charge in [-0.15, -0.1) is 0 Å². The Morgan fingerprint density at radius 1 is 1.17 bits per heavy atom. The monoisotopic (exact) mass is 419 g/mol. The summed E-state index contributed by atoms with van der Waals surface area (Å²) < 4.78 is 42.6. The van der Waals surface area contributed by atoms with Crippen molar-refractivity contribution in [3.63, 3.8) is 0 Å². The molecule has 10 heteroatoms. The minimum atomic E-state index is -3.94. The maximum absolute atomic E-state index is 13.0. The van der Waals surface area contributed by atoms with Crippen LogP contribution in [0.4, 0.5) is 5.69 Å². The molecular formula is C19H21N3O6S. The van der Waals surface area contributed by atoms with Gasteiger partial charge in [0, 0.05) is 31.8 Å². The number of aromatic amines is 1. The highest BCUT2D eigenvalue weighted by Crippen LogP contribution is 2.34. The Labute approximate surface area is 168 Å². The Morgan fingerprint density at radius 2 is 1.97 bits per heavy atom. The number of esters is 1. The number of rotatable bonds is 8. The number of nitrogens with zero attached hydrogens (tertiary/aromatic N) is 2. The predicted molar refractivity (Wildman–Crippen MR) is 107 cm³/mol. The van der Waals surface area contributed by atoms with Crippen molar-refractivity contribution in [1.82, 2.24) is 9.97 Å². The molecule has 0 bridgehead atoms. The van der Waals surface area contributed by atoms with Crippen molar-refractivity contribution >= 4 is 32.6 Å². The molecule has 29 heavy (non-hydrogen) atoms. The first-order valence-electron chi connectivity index (χ1n) is 8.65. The van der Waals surface area contributed by atoms with Crippen molar-refractivity contribution in [2.75, 3.05) is 38.8 Å². The van der Waals surface area contributed by atoms with Gasteiger partial charge < -0.3 is 19.2 Å². The fourth-order valence-corrected chi connectivity index (χ4v) is 3.89. The highest BCUT2D eigenvalue weighted by atomic mass is 32.2. The third-order valence-electron chi connectivity index (χ3n) is 4.24. The van der Waals surface area contributed by atoms with E-state index in [-0.39, 0.29) is 17.3 Å². The van der Waals surface area contributed by atoms with Gasteiger partial charge in [-0.2, -0.15) is 8.42 Å². The van der Waals surface area contributed by atoms with Gasteiger partial charge in [0.1, 0.15) is 18.1 Å². The zero-order chi connectivity index (χ0) is 21.0. The summed E-state index contributed by atoms with van der Waals surface area (Å²) in [6.45, 7) is 0.655. The van der Waals surface area contributed by atoms with E-state index in [2.05, 4.69) is 9.97 Å². The van der Waals surface area contributed by atoms with Gasteiger partial charge in [0.05, 0.1) is 24.9 Å². The number of H-pyrrole nitrogens is 1. The number of ether oxygens (including phenoxy) is 3. The van der Waals surface area contributed by atoms with Gasteiger partial charge in [0.2, 0.25) is 0 Å². The molecule has 0 amide bonds. The van der Waals surface area contributed by atoms with Gasteiger partial charge in [-0.1, -0.05) is 6.07 Å². The molecule has 0 radical (unpaired) electrons. The van der Waals surface area contributed by atoms with Gasteiger partial charge in [0.15, 0.2) is 5.03 Å². The van der Waals surface area contributed by atoms with Crippen molar-refractivity contribution in [2.45, 2.75) is 5.03 Å². The molecule has 0 aliphatic carbocycles. The Balaban J connectivity index is 2.12. The maximum atomic E-state index is 13.0. The second kappa shape index (κ2) is 8.50. The van der Waals surface area contributed by atoms with E-state index >= 15 is 0 Å². The van der Waals surface area contributed by atoms with Gasteiger partial charge >= 0.3 is 5.97 Å². The summed E-state index contributed by atoms with van der Waals surface area (Å²) in [5.74, 6) is -0.132. The molecule has 154 valence electrons. The maximum Gasteiger partial charge on any atom is 0.354 e. The van der Waals surface area contributed by atoms with Crippen molar-refractivity contribution in [3.8, 4) is 5.75 Å². The molecule has 0 fully saturated rings. The lowest BCUT2D eigenvalue weighted by molar-refractivity contribution is 0.0595. The number of sulfonamides is 1. The lowest BCUT2D eigenvalue weighted by Crippen LogP contribution is -2.27. The number of fused-ring (bicyclic) bond motifs is 1. The van der Waals surface area contributed by atoms with Crippen LogP contribution in [0.15, 0.2) is 47.6 Å². The lowest BCUT2D eigenvalue weighted by Gasteiger charge is -2.20. The molecule has 0 saturated heterocycles. The molecule has 0 saturated carbocycles. The zero-order valence-electron chi connectivity index (χ0n) is 16.2. The third kappa shape index (κ3) is 4.17. The van der Waals surface area contributed by atoms with Gasteiger partial charge in [-0.05, 0) is 24.3 Å². The van der Waals surface area contributed by atoms with Crippen LogP contribution < -0.4 is 9.04 Å². The number of aromatic nitrogens is 2. The van der Waals surface area contributed by atoms with Crippen LogP contribution in [0, 0.1) is 0 Å². The first-order valence-corrected chi connectivity index (χ1v) is 10.1. The normalized spacial score (nSPS) is 11.4. The molecule has 1 aromatic carbocycles. The van der Waals surface area contributed by atoms with Crippen molar-refractivity contribution in [1.29, 1.82) is 0 Å². The minimum Gasteiger partial charge on any atom is -0.491 e. The van der Waals surface area contributed by atoms with E-state index in [9.17, 15) is 13.2 Å². The van der Waals surface area contributed by atoms with Crippen molar-refractivity contribution in [3.05, 3.63) is 48.3 Å². The molecule has 0 aliphatic heterocycles. The fraction of sp³-hybridized carbons (Fsp3) is 0.263. The summed E-state index contributed by atoms with van der Waals surface area (Å²) in [4.78, 5) is 18.8. The summed E-state index contributed by atoms with van der Waals surface area (Å²) in [6, 6.07) is 9.51. The van der Waals surface area contributed by atoms with Gasteiger partial charge in [-0.25, -0.2) is 9.78 Å². The van der Waals surface area contributed by atoms with Crippen molar-refractivity contribution < 1.29 is 27.4 Å². The Bertz CT molecular complexity index is 1110. The minimum absolute atomic E-state index is 0.0962. The number of hydrogen-bond acceptors (Lipinski definition) is 7. The van der Waals surface area contributed by atoms with E-state index < -0.39 is 16.0 Å². The largest absolute Gasteiger partial charge is 0.491 e. The molecule has 2 heterocycles. The van der Waals surface area contributed by atoms with Gasteiger partial charge in [0.25, 0.3) is 10.0 Å². The van der Waals surface area contributed by atoms with E-state index in [1.807, 2.05) is 0 Å². The molecule has 1 N–H and O–H groups in total. The Morgan fingerprint density at radius 3 is 2.62 bits per heavy atom. The highest BCUT2D eigenvalue weighted by molar-refractivity contribution is 7.92. The number of hydrogen-bond donors (Lipinski definition) is 1. The summed E-state index contributed by atoms with van der Waals surface area (Å²) in [6.07, 6.45) is 1.41. The van der Waals surface area contributed by atoms with Crippen LogP contribution in [-0.2, 0) is 19.5 Å². The van der Waals surface area contributed by atoms with E-state index in [4.69, 9.17) is 14.2 Å². The molecule has 0 spiro atoms. The summed E-state index contributed by atoms with van der Waals surface area (Å²) >= 11 is 0. The van der Waals surface area contributed by atoms with E-state index in [0.29, 0.717) is 28.9 Å². The van der Waals surface area contributed by atoms with Gasteiger partial charge in [-0.3, -0.25) is 4.31 Å². The number of methoxy groups -OCH3 is 2. The fourth-order valence-electron chi connectivity index (χ4n) is 2.76. The average molecular weight is 419 g/mol. The SMILES string of the molecule is COCCOc1cc(N(C)S(=O)(=O)c2ccccn2)c2[nH]c(C(=O)OC)cc2c1. The molecule has 0 unspecified atom stereocenters. The molecule has 9 nitrogen and oxygen atoms in total. The smallest absolute Gasteiger partial charge is 0.354 e. The third-order valence-corrected chi connectivity index (χ3v) is 5.93. The number of nitrogens with one attached hydrogen (secondary N) is 1. The summed E-state index contributed by atoms with van der Waals surface area (Å²) in [5.41, 5.74) is 0.948.